The second-order valence-corrected chi connectivity index (χ2v) is 5.44. The number of benzene rings is 1. The first-order valence-corrected chi connectivity index (χ1v) is 7.14. The largest absolute Gasteiger partial charge is 0.508 e. The van der Waals surface area contributed by atoms with Gasteiger partial charge in [-0.25, -0.2) is 4.79 Å². The highest BCUT2D eigenvalue weighted by Gasteiger charge is 2.26. The lowest BCUT2D eigenvalue weighted by Gasteiger charge is -2.28. The lowest BCUT2D eigenvalue weighted by Crippen LogP contribution is -2.39. The molecule has 0 bridgehead atoms. The van der Waals surface area contributed by atoms with E-state index in [1.54, 1.807) is 19.1 Å². The van der Waals surface area contributed by atoms with Gasteiger partial charge in [0, 0.05) is 0 Å². The molecule has 1 amide bonds. The van der Waals surface area contributed by atoms with Crippen molar-refractivity contribution in [3.63, 3.8) is 0 Å². The molecular formula is C16H23NO5. The number of hydrogen-bond donors (Lipinski definition) is 1. The molecule has 1 rings (SSSR count). The molecule has 6 heteroatoms. The monoisotopic (exact) mass is 309 g/mol. The summed E-state index contributed by atoms with van der Waals surface area (Å²) in [6, 6.07) is 6.06. The Kier molecular flexibility index (Phi) is 6.69. The van der Waals surface area contributed by atoms with Crippen molar-refractivity contribution in [2.24, 2.45) is 5.92 Å². The zero-order valence-corrected chi connectivity index (χ0v) is 13.4. The van der Waals surface area contributed by atoms with Crippen LogP contribution in [0.15, 0.2) is 24.3 Å². The molecule has 1 N–H and O–H groups in total. The molecule has 0 heterocycles. The topological polar surface area (TPSA) is 76.1 Å². The van der Waals surface area contributed by atoms with Crippen LogP contribution in [0.1, 0.15) is 32.4 Å². The summed E-state index contributed by atoms with van der Waals surface area (Å²) >= 11 is 0. The molecule has 0 aliphatic heterocycles. The molecule has 122 valence electrons. The highest BCUT2D eigenvalue weighted by atomic mass is 16.6. The van der Waals surface area contributed by atoms with Gasteiger partial charge < -0.3 is 14.6 Å². The Bertz CT molecular complexity index is 498. The molecule has 0 saturated heterocycles. The third kappa shape index (κ3) is 5.27. The highest BCUT2D eigenvalue weighted by Crippen LogP contribution is 2.23. The smallest absolute Gasteiger partial charge is 0.410 e. The number of phenolic OH excluding ortho intramolecular Hbond substituents is 1. The van der Waals surface area contributed by atoms with Crippen molar-refractivity contribution >= 4 is 12.1 Å². The third-order valence-corrected chi connectivity index (χ3v) is 3.14. The van der Waals surface area contributed by atoms with Gasteiger partial charge in [-0.1, -0.05) is 26.0 Å². The highest BCUT2D eigenvalue weighted by molar-refractivity contribution is 5.78. The number of rotatable bonds is 6. The third-order valence-electron chi connectivity index (χ3n) is 3.14. The lowest BCUT2D eigenvalue weighted by atomic mass is 10.1. The summed E-state index contributed by atoms with van der Waals surface area (Å²) in [4.78, 5) is 25.1. The number of hydrogen-bond acceptors (Lipinski definition) is 5. The van der Waals surface area contributed by atoms with E-state index in [1.807, 2.05) is 13.8 Å². The van der Waals surface area contributed by atoms with E-state index in [0.29, 0.717) is 0 Å². The van der Waals surface area contributed by atoms with E-state index in [9.17, 15) is 14.7 Å². The van der Waals surface area contributed by atoms with Gasteiger partial charge in [0.05, 0.1) is 19.8 Å². The number of ether oxygens (including phenoxy) is 2. The van der Waals surface area contributed by atoms with Gasteiger partial charge in [-0.15, -0.1) is 0 Å². The molecule has 1 atom stereocenters. The Morgan fingerprint density at radius 2 is 1.77 bits per heavy atom. The fourth-order valence-electron chi connectivity index (χ4n) is 1.82. The first kappa shape index (κ1) is 17.8. The maximum atomic E-state index is 12.2. The fourth-order valence-corrected chi connectivity index (χ4v) is 1.82. The summed E-state index contributed by atoms with van der Waals surface area (Å²) in [7, 11) is 1.27. The number of aromatic hydroxyl groups is 1. The molecule has 0 aliphatic rings. The minimum Gasteiger partial charge on any atom is -0.508 e. The SMILES string of the molecule is COC(=O)CN(C(=O)OCC(C)C)[C@@H](C)c1ccc(O)cc1. The van der Waals surface area contributed by atoms with Crippen LogP contribution in [0.4, 0.5) is 4.79 Å². The molecule has 0 spiro atoms. The Balaban J connectivity index is 2.90. The van der Waals surface area contributed by atoms with Gasteiger partial charge in [-0.2, -0.15) is 0 Å². The summed E-state index contributed by atoms with van der Waals surface area (Å²) < 4.78 is 9.84. The van der Waals surface area contributed by atoms with Crippen molar-refractivity contribution in [2.75, 3.05) is 20.3 Å². The Morgan fingerprint density at radius 3 is 2.27 bits per heavy atom. The van der Waals surface area contributed by atoms with Gasteiger partial charge in [0.15, 0.2) is 0 Å². The lowest BCUT2D eigenvalue weighted by molar-refractivity contribution is -0.142. The maximum absolute atomic E-state index is 12.2. The Labute approximate surface area is 130 Å². The number of phenols is 1. The molecule has 6 nitrogen and oxygen atoms in total. The zero-order valence-electron chi connectivity index (χ0n) is 13.4. The standard InChI is InChI=1S/C16H23NO5/c1-11(2)10-22-16(20)17(9-15(19)21-4)12(3)13-5-7-14(18)8-6-13/h5-8,11-12,18H,9-10H2,1-4H3/t12-/m0/s1. The molecule has 0 radical (unpaired) electrons. The van der Waals surface area contributed by atoms with Crippen molar-refractivity contribution in [3.8, 4) is 5.75 Å². The molecule has 1 aromatic rings. The van der Waals surface area contributed by atoms with Crippen molar-refractivity contribution < 1.29 is 24.2 Å². The number of carbonyl (C=O) groups is 2. The van der Waals surface area contributed by atoms with Crippen LogP contribution < -0.4 is 0 Å². The minimum atomic E-state index is -0.570. The number of methoxy groups -OCH3 is 1. The van der Waals surface area contributed by atoms with Crippen LogP contribution >= 0.6 is 0 Å². The Morgan fingerprint density at radius 1 is 1.18 bits per heavy atom. The normalized spacial score (nSPS) is 11.9. The van der Waals surface area contributed by atoms with E-state index in [-0.39, 0.29) is 30.9 Å². The molecular weight excluding hydrogens is 286 g/mol. The van der Waals surface area contributed by atoms with Crippen LogP contribution in [0.25, 0.3) is 0 Å². The van der Waals surface area contributed by atoms with Crippen molar-refractivity contribution in [1.29, 1.82) is 0 Å². The van der Waals surface area contributed by atoms with E-state index >= 15 is 0 Å². The number of carbonyl (C=O) groups excluding carboxylic acids is 2. The van der Waals surface area contributed by atoms with E-state index in [0.717, 1.165) is 5.56 Å². The maximum Gasteiger partial charge on any atom is 0.410 e. The molecule has 0 aromatic heterocycles. The van der Waals surface area contributed by atoms with Gasteiger partial charge in [0.2, 0.25) is 0 Å². The molecule has 0 unspecified atom stereocenters. The second kappa shape index (κ2) is 8.26. The van der Waals surface area contributed by atoms with E-state index in [2.05, 4.69) is 4.74 Å². The number of amides is 1. The van der Waals surface area contributed by atoms with Crippen molar-refractivity contribution in [3.05, 3.63) is 29.8 Å². The van der Waals surface area contributed by atoms with Crippen molar-refractivity contribution in [1.82, 2.24) is 4.90 Å². The van der Waals surface area contributed by atoms with Gasteiger partial charge in [-0.3, -0.25) is 9.69 Å². The molecule has 1 aromatic carbocycles. The zero-order chi connectivity index (χ0) is 16.7. The molecule has 0 aliphatic carbocycles. The average Bonchev–Trinajstić information content (AvgIpc) is 2.50. The van der Waals surface area contributed by atoms with Gasteiger partial charge in [-0.05, 0) is 30.5 Å². The van der Waals surface area contributed by atoms with Crippen molar-refractivity contribution in [2.45, 2.75) is 26.8 Å². The van der Waals surface area contributed by atoms with Crippen LogP contribution in [0.3, 0.4) is 0 Å². The minimum absolute atomic E-state index is 0.137. The summed E-state index contributed by atoms with van der Waals surface area (Å²) in [6.45, 7) is 5.73. The molecule has 0 saturated carbocycles. The predicted molar refractivity (Wildman–Crippen MR) is 81.4 cm³/mol. The van der Waals surface area contributed by atoms with E-state index < -0.39 is 12.1 Å². The molecule has 0 fully saturated rings. The quantitative estimate of drug-likeness (QED) is 0.818. The fraction of sp³-hybridized carbons (Fsp3) is 0.500. The van der Waals surface area contributed by atoms with Crippen LogP contribution in [0.2, 0.25) is 0 Å². The average molecular weight is 309 g/mol. The second-order valence-electron chi connectivity index (χ2n) is 5.44. The molecule has 22 heavy (non-hydrogen) atoms. The van der Waals surface area contributed by atoms with Gasteiger partial charge in [0.25, 0.3) is 0 Å². The first-order chi connectivity index (χ1) is 10.3. The summed E-state index contributed by atoms with van der Waals surface area (Å²) in [5.41, 5.74) is 0.781. The van der Waals surface area contributed by atoms with E-state index in [4.69, 9.17) is 4.74 Å². The predicted octanol–water partition coefficient (Wildman–Crippen LogP) is 2.72. The van der Waals surface area contributed by atoms with Crippen LogP contribution in [0, 0.1) is 5.92 Å². The summed E-state index contributed by atoms with van der Waals surface area (Å²) in [6.07, 6.45) is -0.570. The summed E-state index contributed by atoms with van der Waals surface area (Å²) in [5, 5.41) is 9.34. The van der Waals surface area contributed by atoms with Gasteiger partial charge >= 0.3 is 12.1 Å². The number of esters is 1. The number of nitrogens with zero attached hydrogens (tertiary/aromatic N) is 1. The Hall–Kier alpha value is -2.24. The van der Waals surface area contributed by atoms with Crippen LogP contribution in [0.5, 0.6) is 5.75 Å². The first-order valence-electron chi connectivity index (χ1n) is 7.14. The van der Waals surface area contributed by atoms with Crippen LogP contribution in [-0.2, 0) is 14.3 Å². The summed E-state index contributed by atoms with van der Waals surface area (Å²) in [5.74, 6) is -0.183. The van der Waals surface area contributed by atoms with E-state index in [1.165, 1.54) is 24.1 Å². The van der Waals surface area contributed by atoms with Gasteiger partial charge in [0.1, 0.15) is 12.3 Å². The van der Waals surface area contributed by atoms with Crippen LogP contribution in [-0.4, -0.2) is 42.3 Å².